The number of hydrogen-bond donors (Lipinski definition) is 2. The van der Waals surface area contributed by atoms with Gasteiger partial charge >= 0.3 is 0 Å². The lowest BCUT2D eigenvalue weighted by Crippen LogP contribution is -2.17. The third kappa shape index (κ3) is 3.75. The quantitative estimate of drug-likeness (QED) is 0.835. The van der Waals surface area contributed by atoms with Crippen molar-refractivity contribution in [2.75, 3.05) is 6.54 Å². The number of nitrogens with two attached hydrogens (primary N) is 1. The molecule has 1 rings (SSSR count). The van der Waals surface area contributed by atoms with Crippen molar-refractivity contribution >= 4 is 0 Å². The maximum atomic E-state index is 13.7. The molecule has 0 aliphatic rings. The summed E-state index contributed by atoms with van der Waals surface area (Å²) >= 11 is 0. The number of hydrogen-bond acceptors (Lipinski definition) is 2. The molecule has 0 fully saturated rings. The van der Waals surface area contributed by atoms with E-state index >= 15 is 0 Å². The van der Waals surface area contributed by atoms with Gasteiger partial charge in [0.15, 0.2) is 0 Å². The Morgan fingerprint density at radius 1 is 1.24 bits per heavy atom. The van der Waals surface area contributed by atoms with Gasteiger partial charge in [0.2, 0.25) is 0 Å². The Bertz CT molecular complexity index is 349. The second kappa shape index (κ2) is 5.56. The molecule has 4 heteroatoms. The van der Waals surface area contributed by atoms with Crippen LogP contribution in [0.2, 0.25) is 0 Å². The minimum atomic E-state index is -2.82. The van der Waals surface area contributed by atoms with Crippen LogP contribution in [-0.2, 0) is 5.92 Å². The van der Waals surface area contributed by atoms with E-state index < -0.39 is 12.0 Å². The summed E-state index contributed by atoms with van der Waals surface area (Å²) in [5.74, 6) is -2.89. The lowest BCUT2D eigenvalue weighted by Gasteiger charge is -2.19. The highest BCUT2D eigenvalue weighted by Gasteiger charge is 2.32. The summed E-state index contributed by atoms with van der Waals surface area (Å²) in [6.45, 7) is 3.61. The smallest absolute Gasteiger partial charge is 0.273 e. The van der Waals surface area contributed by atoms with Crippen molar-refractivity contribution in [2.24, 2.45) is 11.7 Å². The van der Waals surface area contributed by atoms with Gasteiger partial charge in [0.05, 0.1) is 6.10 Å². The molecule has 1 unspecified atom stereocenters. The van der Waals surface area contributed by atoms with E-state index in [2.05, 4.69) is 0 Å². The zero-order chi connectivity index (χ0) is 13.1. The first-order valence-electron chi connectivity index (χ1n) is 5.73. The molecule has 0 saturated carbocycles. The van der Waals surface area contributed by atoms with Crippen LogP contribution in [0.15, 0.2) is 24.3 Å². The third-order valence-corrected chi connectivity index (χ3v) is 2.61. The highest BCUT2D eigenvalue weighted by atomic mass is 19.3. The van der Waals surface area contributed by atoms with Crippen LogP contribution in [0.5, 0.6) is 0 Å². The predicted octanol–water partition coefficient (Wildman–Crippen LogP) is 2.82. The molecule has 96 valence electrons. The molecule has 17 heavy (non-hydrogen) atoms. The van der Waals surface area contributed by atoms with Crippen molar-refractivity contribution in [3.63, 3.8) is 0 Å². The Morgan fingerprint density at radius 2 is 1.76 bits per heavy atom. The Kier molecular flexibility index (Phi) is 4.60. The summed E-state index contributed by atoms with van der Waals surface area (Å²) in [5, 5.41) is 9.46. The Morgan fingerprint density at radius 3 is 2.18 bits per heavy atom. The molecule has 0 bridgehead atoms. The van der Waals surface area contributed by atoms with Gasteiger partial charge in [-0.15, -0.1) is 0 Å². The van der Waals surface area contributed by atoms with E-state index in [1.54, 1.807) is 13.8 Å². The number of aliphatic hydroxyl groups excluding tert-OH is 1. The van der Waals surface area contributed by atoms with E-state index in [0.717, 1.165) is 0 Å². The molecule has 2 nitrogen and oxygen atoms in total. The van der Waals surface area contributed by atoms with Crippen molar-refractivity contribution in [3.05, 3.63) is 35.4 Å². The van der Waals surface area contributed by atoms with E-state index in [1.807, 2.05) is 0 Å². The second-order valence-electron chi connectivity index (χ2n) is 4.68. The first kappa shape index (κ1) is 14.1. The number of halogens is 2. The molecule has 0 spiro atoms. The van der Waals surface area contributed by atoms with Crippen molar-refractivity contribution in [2.45, 2.75) is 32.3 Å². The lowest BCUT2D eigenvalue weighted by atomic mass is 9.97. The Hall–Kier alpha value is -1.00. The summed E-state index contributed by atoms with van der Waals surface area (Å²) in [6.07, 6.45) is -0.964. The van der Waals surface area contributed by atoms with Gasteiger partial charge in [-0.25, -0.2) is 8.78 Å². The number of alkyl halides is 2. The molecular weight excluding hydrogens is 224 g/mol. The average molecular weight is 243 g/mol. The van der Waals surface area contributed by atoms with Crippen molar-refractivity contribution in [1.29, 1.82) is 0 Å². The molecule has 0 radical (unpaired) electrons. The van der Waals surface area contributed by atoms with Gasteiger partial charge < -0.3 is 10.8 Å². The minimum Gasteiger partial charge on any atom is -0.387 e. The normalized spacial score (nSPS) is 14.1. The predicted molar refractivity (Wildman–Crippen MR) is 63.8 cm³/mol. The van der Waals surface area contributed by atoms with Gasteiger partial charge in [0.25, 0.3) is 5.92 Å². The van der Waals surface area contributed by atoms with Gasteiger partial charge in [-0.2, -0.15) is 0 Å². The maximum absolute atomic E-state index is 13.7. The van der Waals surface area contributed by atoms with Crippen LogP contribution >= 0.6 is 0 Å². The first-order chi connectivity index (χ1) is 7.86. The summed E-state index contributed by atoms with van der Waals surface area (Å²) in [6, 6.07) is 5.72. The molecule has 1 aromatic carbocycles. The van der Waals surface area contributed by atoms with Gasteiger partial charge in [0, 0.05) is 18.5 Å². The van der Waals surface area contributed by atoms with E-state index in [-0.39, 0.29) is 24.4 Å². The van der Waals surface area contributed by atoms with Gasteiger partial charge in [-0.05, 0) is 11.5 Å². The van der Waals surface area contributed by atoms with Crippen LogP contribution in [-0.4, -0.2) is 11.7 Å². The number of rotatable bonds is 5. The molecule has 0 aliphatic carbocycles. The fraction of sp³-hybridized carbons (Fsp3) is 0.538. The van der Waals surface area contributed by atoms with Crippen LogP contribution < -0.4 is 5.73 Å². The summed E-state index contributed by atoms with van der Waals surface area (Å²) in [7, 11) is 0. The van der Waals surface area contributed by atoms with E-state index in [0.29, 0.717) is 5.56 Å². The molecule has 0 aromatic heterocycles. The molecule has 3 N–H and O–H groups in total. The zero-order valence-corrected chi connectivity index (χ0v) is 10.2. The van der Waals surface area contributed by atoms with E-state index in [9.17, 15) is 13.9 Å². The summed E-state index contributed by atoms with van der Waals surface area (Å²) < 4.78 is 27.5. The van der Waals surface area contributed by atoms with E-state index in [4.69, 9.17) is 5.73 Å². The van der Waals surface area contributed by atoms with Crippen LogP contribution in [0, 0.1) is 5.92 Å². The Labute approximate surface area is 100 Å². The summed E-state index contributed by atoms with van der Waals surface area (Å²) in [4.78, 5) is 0. The molecule has 0 aliphatic heterocycles. The highest BCUT2D eigenvalue weighted by Crippen LogP contribution is 2.34. The lowest BCUT2D eigenvalue weighted by molar-refractivity contribution is -0.0249. The third-order valence-electron chi connectivity index (χ3n) is 2.61. The van der Waals surface area contributed by atoms with Crippen molar-refractivity contribution < 1.29 is 13.9 Å². The molecule has 0 heterocycles. The van der Waals surface area contributed by atoms with Crippen LogP contribution in [0.25, 0.3) is 0 Å². The van der Waals surface area contributed by atoms with Gasteiger partial charge in [-0.1, -0.05) is 38.1 Å². The molecule has 0 amide bonds. The van der Waals surface area contributed by atoms with Crippen molar-refractivity contribution in [1.82, 2.24) is 0 Å². The highest BCUT2D eigenvalue weighted by molar-refractivity contribution is 5.27. The summed E-state index contributed by atoms with van der Waals surface area (Å²) in [5.41, 5.74) is 5.85. The van der Waals surface area contributed by atoms with Crippen LogP contribution in [0.4, 0.5) is 8.78 Å². The molecule has 1 aromatic rings. The maximum Gasteiger partial charge on any atom is 0.273 e. The average Bonchev–Trinajstić information content (AvgIpc) is 2.26. The SMILES string of the molecule is CC(C)CC(F)(F)c1ccc(C(O)CN)cc1. The number of benzene rings is 1. The number of aliphatic hydroxyl groups is 1. The fourth-order valence-electron chi connectivity index (χ4n) is 1.72. The Balaban J connectivity index is 2.86. The van der Waals surface area contributed by atoms with Crippen LogP contribution in [0.3, 0.4) is 0 Å². The van der Waals surface area contributed by atoms with E-state index in [1.165, 1.54) is 24.3 Å². The minimum absolute atomic E-state index is 0.0147. The van der Waals surface area contributed by atoms with Gasteiger partial charge in [0.1, 0.15) is 0 Å². The molecular formula is C13H19F2NO. The van der Waals surface area contributed by atoms with Gasteiger partial charge in [-0.3, -0.25) is 0 Å². The first-order valence-corrected chi connectivity index (χ1v) is 5.73. The second-order valence-corrected chi connectivity index (χ2v) is 4.68. The monoisotopic (exact) mass is 243 g/mol. The van der Waals surface area contributed by atoms with Crippen LogP contribution in [0.1, 0.15) is 37.5 Å². The largest absolute Gasteiger partial charge is 0.387 e. The zero-order valence-electron chi connectivity index (χ0n) is 10.2. The standard InChI is InChI=1S/C13H19F2NO/c1-9(2)7-13(14,15)11-5-3-10(4-6-11)12(17)8-16/h3-6,9,12,17H,7-8,16H2,1-2H3. The van der Waals surface area contributed by atoms with Crippen molar-refractivity contribution in [3.8, 4) is 0 Å². The molecule has 1 atom stereocenters. The topological polar surface area (TPSA) is 46.2 Å². The fourth-order valence-corrected chi connectivity index (χ4v) is 1.72. The molecule has 0 saturated heterocycles.